The van der Waals surface area contributed by atoms with Crippen molar-refractivity contribution in [3.8, 4) is 5.75 Å². The van der Waals surface area contributed by atoms with Crippen molar-refractivity contribution in [1.29, 1.82) is 0 Å². The molecule has 0 aromatic heterocycles. The molecule has 1 aliphatic heterocycles. The molecule has 1 aromatic rings. The van der Waals surface area contributed by atoms with Crippen molar-refractivity contribution in [3.63, 3.8) is 0 Å². The summed E-state index contributed by atoms with van der Waals surface area (Å²) in [5.74, 6) is 0.494. The molecule has 1 heterocycles. The topological polar surface area (TPSA) is 50.8 Å². The number of benzene rings is 1. The Bertz CT molecular complexity index is 485. The lowest BCUT2D eigenvalue weighted by Crippen LogP contribution is -2.49. The smallest absolute Gasteiger partial charge is 0.263 e. The van der Waals surface area contributed by atoms with Crippen LogP contribution in [-0.4, -0.2) is 55.8 Å². The van der Waals surface area contributed by atoms with E-state index in [0.29, 0.717) is 17.3 Å². The van der Waals surface area contributed by atoms with Crippen LogP contribution in [0.15, 0.2) is 24.3 Å². The molecule has 0 bridgehead atoms. The van der Waals surface area contributed by atoms with Crippen molar-refractivity contribution in [2.24, 2.45) is 0 Å². The van der Waals surface area contributed by atoms with E-state index in [1.807, 2.05) is 0 Å². The third-order valence-corrected chi connectivity index (χ3v) is 3.80. The first-order chi connectivity index (χ1) is 10.5. The Morgan fingerprint density at radius 3 is 2.59 bits per heavy atom. The molecule has 5 nitrogen and oxygen atoms in total. The molecular formula is C16H23ClN2O3. The van der Waals surface area contributed by atoms with Crippen LogP contribution in [0.25, 0.3) is 0 Å². The van der Waals surface area contributed by atoms with E-state index in [9.17, 15) is 4.79 Å². The van der Waals surface area contributed by atoms with Gasteiger partial charge in [-0.1, -0.05) is 11.6 Å². The fourth-order valence-electron chi connectivity index (χ4n) is 2.21. The van der Waals surface area contributed by atoms with Gasteiger partial charge in [-0.25, -0.2) is 0 Å². The molecule has 1 saturated heterocycles. The van der Waals surface area contributed by atoms with Gasteiger partial charge in [0, 0.05) is 31.2 Å². The lowest BCUT2D eigenvalue weighted by atomic mass is 10.1. The third-order valence-electron chi connectivity index (χ3n) is 3.55. The molecule has 122 valence electrons. The zero-order valence-electron chi connectivity index (χ0n) is 13.1. The minimum Gasteiger partial charge on any atom is -0.478 e. The fourth-order valence-corrected chi connectivity index (χ4v) is 2.33. The van der Waals surface area contributed by atoms with Crippen LogP contribution in [0.4, 0.5) is 0 Å². The first kappa shape index (κ1) is 17.1. The molecular weight excluding hydrogens is 304 g/mol. The lowest BCUT2D eigenvalue weighted by Gasteiger charge is -2.28. The zero-order chi connectivity index (χ0) is 16.0. The number of carbonyl (C=O) groups is 1. The quantitative estimate of drug-likeness (QED) is 0.868. The molecule has 0 unspecified atom stereocenters. The Balaban J connectivity index is 1.78. The van der Waals surface area contributed by atoms with Crippen LogP contribution in [0.5, 0.6) is 5.75 Å². The predicted octanol–water partition coefficient (Wildman–Crippen LogP) is 1.95. The molecule has 0 saturated carbocycles. The lowest BCUT2D eigenvalue weighted by molar-refractivity contribution is -0.134. The van der Waals surface area contributed by atoms with Crippen LogP contribution in [0.1, 0.15) is 13.8 Å². The highest BCUT2D eigenvalue weighted by Gasteiger charge is 2.29. The van der Waals surface area contributed by atoms with Gasteiger partial charge >= 0.3 is 0 Å². The molecule has 6 heteroatoms. The van der Waals surface area contributed by atoms with E-state index >= 15 is 0 Å². The Morgan fingerprint density at radius 2 is 1.95 bits per heavy atom. The van der Waals surface area contributed by atoms with Gasteiger partial charge in [0.2, 0.25) is 0 Å². The highest BCUT2D eigenvalue weighted by Crippen LogP contribution is 2.20. The number of amides is 1. The van der Waals surface area contributed by atoms with Crippen LogP contribution < -0.4 is 10.1 Å². The monoisotopic (exact) mass is 326 g/mol. The van der Waals surface area contributed by atoms with Crippen LogP contribution in [0.3, 0.4) is 0 Å². The van der Waals surface area contributed by atoms with E-state index in [4.69, 9.17) is 21.1 Å². The van der Waals surface area contributed by atoms with Crippen molar-refractivity contribution < 1.29 is 14.3 Å². The summed E-state index contributed by atoms with van der Waals surface area (Å²) in [6, 6.07) is 6.99. The maximum absolute atomic E-state index is 12.3. The number of morpholine rings is 1. The van der Waals surface area contributed by atoms with E-state index in [2.05, 4.69) is 10.2 Å². The maximum atomic E-state index is 12.3. The molecule has 1 fully saturated rings. The number of hydrogen-bond donors (Lipinski definition) is 1. The highest BCUT2D eigenvalue weighted by molar-refractivity contribution is 6.30. The Labute approximate surface area is 136 Å². The molecule has 22 heavy (non-hydrogen) atoms. The molecule has 1 aliphatic rings. The summed E-state index contributed by atoms with van der Waals surface area (Å²) >= 11 is 5.84. The average molecular weight is 327 g/mol. The minimum atomic E-state index is -0.932. The van der Waals surface area contributed by atoms with Crippen molar-refractivity contribution in [3.05, 3.63) is 29.3 Å². The number of ether oxygens (including phenoxy) is 2. The van der Waals surface area contributed by atoms with Crippen molar-refractivity contribution in [1.82, 2.24) is 10.2 Å². The first-order valence-corrected chi connectivity index (χ1v) is 7.88. The average Bonchev–Trinajstić information content (AvgIpc) is 2.50. The number of rotatable bonds is 6. The molecule has 0 spiro atoms. The highest BCUT2D eigenvalue weighted by atomic mass is 35.5. The van der Waals surface area contributed by atoms with Gasteiger partial charge in [0.25, 0.3) is 5.91 Å². The largest absolute Gasteiger partial charge is 0.478 e. The standard InChI is InChI=1S/C16H23ClN2O3/c1-16(2,22-14-5-3-13(17)4-6-14)15(20)18-7-8-19-9-11-21-12-10-19/h3-6H,7-12H2,1-2H3,(H,18,20). The van der Waals surface area contributed by atoms with E-state index in [0.717, 1.165) is 32.8 Å². The molecule has 1 amide bonds. The summed E-state index contributed by atoms with van der Waals surface area (Å²) in [5.41, 5.74) is -0.932. The second kappa shape index (κ2) is 7.81. The van der Waals surface area contributed by atoms with Gasteiger partial charge < -0.3 is 14.8 Å². The predicted molar refractivity (Wildman–Crippen MR) is 86.4 cm³/mol. The van der Waals surface area contributed by atoms with Gasteiger partial charge in [-0.15, -0.1) is 0 Å². The fraction of sp³-hybridized carbons (Fsp3) is 0.562. The van der Waals surface area contributed by atoms with Gasteiger partial charge in [-0.3, -0.25) is 9.69 Å². The normalized spacial score (nSPS) is 16.3. The third kappa shape index (κ3) is 5.16. The van der Waals surface area contributed by atoms with E-state index in [1.54, 1.807) is 38.1 Å². The van der Waals surface area contributed by atoms with E-state index in [-0.39, 0.29) is 5.91 Å². The first-order valence-electron chi connectivity index (χ1n) is 7.50. The molecule has 0 radical (unpaired) electrons. The molecule has 1 N–H and O–H groups in total. The molecule has 0 aliphatic carbocycles. The van der Waals surface area contributed by atoms with Crippen LogP contribution in [-0.2, 0) is 9.53 Å². The van der Waals surface area contributed by atoms with Gasteiger partial charge in [-0.2, -0.15) is 0 Å². The van der Waals surface area contributed by atoms with Gasteiger partial charge in [0.1, 0.15) is 5.75 Å². The second-order valence-corrected chi connectivity index (χ2v) is 6.21. The summed E-state index contributed by atoms with van der Waals surface area (Å²) in [4.78, 5) is 14.5. The molecule has 0 atom stereocenters. The maximum Gasteiger partial charge on any atom is 0.263 e. The van der Waals surface area contributed by atoms with Gasteiger partial charge in [-0.05, 0) is 38.1 Å². The zero-order valence-corrected chi connectivity index (χ0v) is 13.9. The number of hydrogen-bond acceptors (Lipinski definition) is 4. The minimum absolute atomic E-state index is 0.129. The molecule has 1 aromatic carbocycles. The van der Waals surface area contributed by atoms with E-state index < -0.39 is 5.60 Å². The Kier molecular flexibility index (Phi) is 6.06. The summed E-state index contributed by atoms with van der Waals surface area (Å²) in [5, 5.41) is 3.57. The van der Waals surface area contributed by atoms with Gasteiger partial charge in [0.05, 0.1) is 13.2 Å². The SMILES string of the molecule is CC(C)(Oc1ccc(Cl)cc1)C(=O)NCCN1CCOCC1. The summed E-state index contributed by atoms with van der Waals surface area (Å²) in [6.45, 7) is 8.30. The Morgan fingerprint density at radius 1 is 1.32 bits per heavy atom. The number of carbonyl (C=O) groups excluding carboxylic acids is 1. The number of nitrogens with zero attached hydrogens (tertiary/aromatic N) is 1. The summed E-state index contributed by atoms with van der Waals surface area (Å²) in [7, 11) is 0. The van der Waals surface area contributed by atoms with Crippen LogP contribution in [0, 0.1) is 0 Å². The Hall–Kier alpha value is -1.30. The van der Waals surface area contributed by atoms with Gasteiger partial charge in [0.15, 0.2) is 5.60 Å². The second-order valence-electron chi connectivity index (χ2n) is 5.78. The number of halogens is 1. The van der Waals surface area contributed by atoms with Crippen LogP contribution in [0.2, 0.25) is 5.02 Å². The van der Waals surface area contributed by atoms with E-state index in [1.165, 1.54) is 0 Å². The van der Waals surface area contributed by atoms with Crippen molar-refractivity contribution >= 4 is 17.5 Å². The number of nitrogens with one attached hydrogen (secondary N) is 1. The van der Waals surface area contributed by atoms with Crippen molar-refractivity contribution in [2.75, 3.05) is 39.4 Å². The van der Waals surface area contributed by atoms with Crippen molar-refractivity contribution in [2.45, 2.75) is 19.4 Å². The van der Waals surface area contributed by atoms with Crippen LogP contribution >= 0.6 is 11.6 Å². The summed E-state index contributed by atoms with van der Waals surface area (Å²) in [6.07, 6.45) is 0. The summed E-state index contributed by atoms with van der Waals surface area (Å²) < 4.78 is 11.1. The molecule has 2 rings (SSSR count).